The van der Waals surface area contributed by atoms with E-state index in [-0.39, 0.29) is 0 Å². The normalized spacial score (nSPS) is 17.2. The zero-order valence-corrected chi connectivity index (χ0v) is 9.95. The highest BCUT2D eigenvalue weighted by atomic mass is 15.1. The van der Waals surface area contributed by atoms with Crippen LogP contribution in [0.2, 0.25) is 0 Å². The molecule has 1 aliphatic rings. The minimum Gasteiger partial charge on any atom is -0.326 e. The fourth-order valence-electron chi connectivity index (χ4n) is 2.07. The van der Waals surface area contributed by atoms with Crippen molar-refractivity contribution < 1.29 is 0 Å². The van der Waals surface area contributed by atoms with Crippen molar-refractivity contribution in [3.63, 3.8) is 0 Å². The number of rotatable bonds is 3. The molecule has 0 bridgehead atoms. The van der Waals surface area contributed by atoms with Crippen LogP contribution in [0.15, 0.2) is 35.9 Å². The molecular formula is C14H20N2. The number of hydrogen-bond acceptors (Lipinski definition) is 2. The Morgan fingerprint density at radius 1 is 1.31 bits per heavy atom. The summed E-state index contributed by atoms with van der Waals surface area (Å²) in [4.78, 5) is 2.47. The molecule has 1 heterocycles. The largest absolute Gasteiger partial charge is 0.326 e. The molecule has 0 atom stereocenters. The molecule has 1 aromatic rings. The number of hydrogen-bond donors (Lipinski definition) is 1. The molecule has 0 saturated heterocycles. The van der Waals surface area contributed by atoms with Crippen LogP contribution in [-0.4, -0.2) is 18.0 Å². The molecule has 0 unspecified atom stereocenters. The average molecular weight is 216 g/mol. The minimum atomic E-state index is 0.632. The summed E-state index contributed by atoms with van der Waals surface area (Å²) in [5.41, 5.74) is 9.76. The quantitative estimate of drug-likeness (QED) is 0.786. The van der Waals surface area contributed by atoms with Gasteiger partial charge in [0, 0.05) is 26.2 Å². The van der Waals surface area contributed by atoms with E-state index in [0.717, 1.165) is 13.1 Å². The van der Waals surface area contributed by atoms with E-state index in [0.29, 0.717) is 6.54 Å². The van der Waals surface area contributed by atoms with Gasteiger partial charge in [-0.1, -0.05) is 35.9 Å². The Balaban J connectivity index is 1.98. The molecule has 0 aromatic heterocycles. The molecule has 1 aliphatic heterocycles. The Bertz CT molecular complexity index is 382. The lowest BCUT2D eigenvalue weighted by atomic mass is 10.1. The van der Waals surface area contributed by atoms with Gasteiger partial charge < -0.3 is 5.73 Å². The molecule has 0 saturated carbocycles. The molecule has 1 aromatic carbocycles. The molecule has 0 radical (unpaired) electrons. The third kappa shape index (κ3) is 2.94. The fourth-order valence-corrected chi connectivity index (χ4v) is 2.07. The molecule has 2 nitrogen and oxygen atoms in total. The van der Waals surface area contributed by atoms with Crippen molar-refractivity contribution in [3.8, 4) is 0 Å². The van der Waals surface area contributed by atoms with Gasteiger partial charge in [-0.15, -0.1) is 0 Å². The standard InChI is InChI=1S/C14H20N2/c1-12-5-7-16(8-6-12)11-14-4-2-3-13(9-14)10-15/h2-5,9H,6-8,10-11,15H2,1H3. The third-order valence-corrected chi connectivity index (χ3v) is 3.15. The predicted octanol–water partition coefficient (Wildman–Crippen LogP) is 2.30. The van der Waals surface area contributed by atoms with E-state index < -0.39 is 0 Å². The van der Waals surface area contributed by atoms with E-state index in [1.807, 2.05) is 0 Å². The van der Waals surface area contributed by atoms with Crippen molar-refractivity contribution in [2.75, 3.05) is 13.1 Å². The van der Waals surface area contributed by atoms with Crippen LogP contribution in [-0.2, 0) is 13.1 Å². The first-order chi connectivity index (χ1) is 7.78. The first kappa shape index (κ1) is 11.4. The maximum atomic E-state index is 5.65. The Morgan fingerprint density at radius 3 is 2.81 bits per heavy atom. The summed E-state index contributed by atoms with van der Waals surface area (Å²) in [6, 6.07) is 8.59. The summed E-state index contributed by atoms with van der Waals surface area (Å²) < 4.78 is 0. The van der Waals surface area contributed by atoms with Gasteiger partial charge in [-0.3, -0.25) is 4.90 Å². The summed E-state index contributed by atoms with van der Waals surface area (Å²) in [5, 5.41) is 0. The molecule has 16 heavy (non-hydrogen) atoms. The monoisotopic (exact) mass is 216 g/mol. The van der Waals surface area contributed by atoms with Gasteiger partial charge in [-0.2, -0.15) is 0 Å². The van der Waals surface area contributed by atoms with E-state index in [1.165, 1.54) is 29.7 Å². The minimum absolute atomic E-state index is 0.632. The van der Waals surface area contributed by atoms with Crippen molar-refractivity contribution in [1.29, 1.82) is 0 Å². The van der Waals surface area contributed by atoms with Crippen molar-refractivity contribution >= 4 is 0 Å². The first-order valence-corrected chi connectivity index (χ1v) is 5.94. The molecule has 2 heteroatoms. The van der Waals surface area contributed by atoms with Gasteiger partial charge in [0.15, 0.2) is 0 Å². The molecule has 0 fully saturated rings. The molecule has 2 rings (SSSR count). The van der Waals surface area contributed by atoms with Gasteiger partial charge >= 0.3 is 0 Å². The number of nitrogens with zero attached hydrogens (tertiary/aromatic N) is 1. The highest BCUT2D eigenvalue weighted by molar-refractivity contribution is 5.23. The smallest absolute Gasteiger partial charge is 0.0237 e. The predicted molar refractivity (Wildman–Crippen MR) is 68.0 cm³/mol. The number of benzene rings is 1. The summed E-state index contributed by atoms with van der Waals surface area (Å²) >= 11 is 0. The average Bonchev–Trinajstić information content (AvgIpc) is 2.32. The summed E-state index contributed by atoms with van der Waals surface area (Å²) in [6.45, 7) is 6.14. The second-order valence-electron chi connectivity index (χ2n) is 4.56. The van der Waals surface area contributed by atoms with Gasteiger partial charge in [-0.05, 0) is 24.5 Å². The first-order valence-electron chi connectivity index (χ1n) is 5.94. The zero-order chi connectivity index (χ0) is 11.4. The van der Waals surface area contributed by atoms with Crippen molar-refractivity contribution in [2.24, 2.45) is 5.73 Å². The molecule has 0 aliphatic carbocycles. The Kier molecular flexibility index (Phi) is 3.75. The summed E-state index contributed by atoms with van der Waals surface area (Å²) in [5.74, 6) is 0. The van der Waals surface area contributed by atoms with Gasteiger partial charge in [0.25, 0.3) is 0 Å². The lowest BCUT2D eigenvalue weighted by molar-refractivity contribution is 0.286. The van der Waals surface area contributed by atoms with Gasteiger partial charge in [0.05, 0.1) is 0 Å². The Labute approximate surface area is 97.8 Å². The van der Waals surface area contributed by atoms with Crippen molar-refractivity contribution in [2.45, 2.75) is 26.4 Å². The summed E-state index contributed by atoms with van der Waals surface area (Å²) in [6.07, 6.45) is 3.53. The van der Waals surface area contributed by atoms with Crippen LogP contribution in [0.1, 0.15) is 24.5 Å². The van der Waals surface area contributed by atoms with E-state index in [4.69, 9.17) is 5.73 Å². The highest BCUT2D eigenvalue weighted by Crippen LogP contribution is 2.13. The van der Waals surface area contributed by atoms with Gasteiger partial charge in [-0.25, -0.2) is 0 Å². The lowest BCUT2D eigenvalue weighted by Crippen LogP contribution is -2.27. The third-order valence-electron chi connectivity index (χ3n) is 3.15. The van der Waals surface area contributed by atoms with Crippen LogP contribution in [0.5, 0.6) is 0 Å². The molecule has 0 amide bonds. The Morgan fingerprint density at radius 2 is 2.12 bits per heavy atom. The molecular weight excluding hydrogens is 196 g/mol. The zero-order valence-electron chi connectivity index (χ0n) is 9.95. The van der Waals surface area contributed by atoms with E-state index in [1.54, 1.807) is 0 Å². The SMILES string of the molecule is CC1=CCN(Cc2cccc(CN)c2)CC1. The van der Waals surface area contributed by atoms with Gasteiger partial charge in [0.1, 0.15) is 0 Å². The number of nitrogens with two attached hydrogens (primary N) is 1. The molecule has 2 N–H and O–H groups in total. The fraction of sp³-hybridized carbons (Fsp3) is 0.429. The van der Waals surface area contributed by atoms with Crippen molar-refractivity contribution in [1.82, 2.24) is 4.90 Å². The second kappa shape index (κ2) is 5.28. The lowest BCUT2D eigenvalue weighted by Gasteiger charge is -2.25. The van der Waals surface area contributed by atoms with E-state index in [2.05, 4.69) is 42.2 Å². The second-order valence-corrected chi connectivity index (χ2v) is 4.56. The van der Waals surface area contributed by atoms with Crippen LogP contribution in [0.3, 0.4) is 0 Å². The van der Waals surface area contributed by atoms with Crippen LogP contribution >= 0.6 is 0 Å². The van der Waals surface area contributed by atoms with Crippen LogP contribution in [0, 0.1) is 0 Å². The maximum absolute atomic E-state index is 5.65. The maximum Gasteiger partial charge on any atom is 0.0237 e. The summed E-state index contributed by atoms with van der Waals surface area (Å²) in [7, 11) is 0. The van der Waals surface area contributed by atoms with Gasteiger partial charge in [0.2, 0.25) is 0 Å². The van der Waals surface area contributed by atoms with Crippen LogP contribution in [0.4, 0.5) is 0 Å². The van der Waals surface area contributed by atoms with E-state index in [9.17, 15) is 0 Å². The topological polar surface area (TPSA) is 29.3 Å². The Hall–Kier alpha value is -1.12. The van der Waals surface area contributed by atoms with E-state index >= 15 is 0 Å². The van der Waals surface area contributed by atoms with Crippen molar-refractivity contribution in [3.05, 3.63) is 47.0 Å². The highest BCUT2D eigenvalue weighted by Gasteiger charge is 2.09. The van der Waals surface area contributed by atoms with Crippen LogP contribution < -0.4 is 5.73 Å². The van der Waals surface area contributed by atoms with Crippen LogP contribution in [0.25, 0.3) is 0 Å². The molecule has 86 valence electrons. The molecule has 0 spiro atoms.